The van der Waals surface area contributed by atoms with Crippen LogP contribution in [0.4, 0.5) is 23.9 Å². The number of alkyl halides is 3. The molecule has 1 aromatic heterocycles. The van der Waals surface area contributed by atoms with Gasteiger partial charge in [-0.05, 0) is 83.3 Å². The van der Waals surface area contributed by atoms with Gasteiger partial charge in [-0.1, -0.05) is 26.0 Å². The number of methoxy groups -OCH3 is 1. The number of nitrogens with zero attached hydrogens (tertiary/aromatic N) is 5. The smallest absolute Gasteiger partial charge is 0.411 e. The number of amides is 4. The van der Waals surface area contributed by atoms with Gasteiger partial charge in [0.2, 0.25) is 33.7 Å². The van der Waals surface area contributed by atoms with Crippen LogP contribution >= 0.6 is 0 Å². The number of carbonyl (C=O) groups excluding carboxylic acids is 3. The lowest BCUT2D eigenvalue weighted by Gasteiger charge is -2.45. The predicted octanol–water partition coefficient (Wildman–Crippen LogP) is 4.63. The van der Waals surface area contributed by atoms with Crippen LogP contribution in [0.1, 0.15) is 79.6 Å². The highest BCUT2D eigenvalue weighted by Gasteiger charge is 2.64. The van der Waals surface area contributed by atoms with E-state index >= 15 is 4.79 Å². The molecule has 3 heterocycles. The summed E-state index contributed by atoms with van der Waals surface area (Å²) in [5, 5.41) is 13.7. The van der Waals surface area contributed by atoms with E-state index in [0.29, 0.717) is 56.2 Å². The molecule has 0 radical (unpaired) electrons. The first-order valence-electron chi connectivity index (χ1n) is 20.0. The number of nitrogens with one attached hydrogen (secondary N) is 2. The summed E-state index contributed by atoms with van der Waals surface area (Å²) >= 11 is 0. The highest BCUT2D eigenvalue weighted by molar-refractivity contribution is 7.91. The predicted molar refractivity (Wildman–Crippen MR) is 214 cm³/mol. The van der Waals surface area contributed by atoms with Crippen LogP contribution in [0.3, 0.4) is 0 Å². The average Bonchev–Trinajstić information content (AvgIpc) is 4.03. The van der Waals surface area contributed by atoms with Crippen molar-refractivity contribution in [2.45, 2.75) is 120 Å². The van der Waals surface area contributed by atoms with E-state index in [1.54, 1.807) is 49.3 Å². The van der Waals surface area contributed by atoms with E-state index in [1.807, 2.05) is 6.92 Å². The van der Waals surface area contributed by atoms with E-state index in [1.165, 1.54) is 21.0 Å². The molecule has 0 spiro atoms. The van der Waals surface area contributed by atoms with Crippen LogP contribution in [-0.2, 0) is 24.4 Å². The number of fused-ring (bicyclic) bond motifs is 3. The maximum absolute atomic E-state index is 15.1. The Balaban J connectivity index is 1.45. The maximum atomic E-state index is 15.1. The van der Waals surface area contributed by atoms with Crippen LogP contribution in [0.2, 0.25) is 0 Å². The number of aromatic nitrogens is 2. The largest absolute Gasteiger partial charge is 0.497 e. The Morgan fingerprint density at radius 2 is 1.78 bits per heavy atom. The molecule has 60 heavy (non-hydrogen) atoms. The fourth-order valence-electron chi connectivity index (χ4n) is 8.23. The molecule has 2 saturated carbocycles. The van der Waals surface area contributed by atoms with Gasteiger partial charge >= 0.3 is 12.3 Å². The number of sulfonamides is 1. The van der Waals surface area contributed by atoms with Gasteiger partial charge < -0.3 is 29.7 Å². The Bertz CT molecular complexity index is 2180. The Kier molecular flexibility index (Phi) is 11.8. The molecule has 4 amide bonds. The number of hydrogen-bond acceptors (Lipinski definition) is 11. The zero-order valence-corrected chi connectivity index (χ0v) is 35.8. The summed E-state index contributed by atoms with van der Waals surface area (Å²) in [6.07, 6.45) is -2.98. The quantitative estimate of drug-likeness (QED) is 0.296. The van der Waals surface area contributed by atoms with Gasteiger partial charge in [0.25, 0.3) is 5.91 Å². The molecule has 0 unspecified atom stereocenters. The minimum Gasteiger partial charge on any atom is -0.497 e. The standard InChI is InChI=1S/C40H54F3N7O9S/c1-22-11-9-10-12-24-20-39(24,34(53)47-60(56,57)38(5)15-16-38)46-31(51)29-19-26(59-32-27-14-13-25(58-8)18-28(27)44-35(45-32)48(6)7)21-49(29)33(52)30(23(2)17-22)50(36(54)55)37(3,4)40(41,42)43/h10,12-14,18,22-24,26,29-30H,9,11,15-17,19-21H2,1-8H3,(H,46,51)(H,47,53)(H,54,55)/t22-,23+,24+,26+,29-,30-,39+/m0/s1. The average molecular weight is 866 g/mol. The number of benzene rings is 1. The molecule has 4 aliphatic rings. The molecule has 20 heteroatoms. The monoisotopic (exact) mass is 865 g/mol. The second-order valence-corrected chi connectivity index (χ2v) is 19.9. The van der Waals surface area contributed by atoms with Gasteiger partial charge in [0.05, 0.1) is 29.3 Å². The third kappa shape index (κ3) is 8.39. The number of carboxylic acid groups (broad SMARTS) is 1. The van der Waals surface area contributed by atoms with Gasteiger partial charge in [0.15, 0.2) is 0 Å². The summed E-state index contributed by atoms with van der Waals surface area (Å²) in [5.41, 5.74) is -4.34. The summed E-state index contributed by atoms with van der Waals surface area (Å²) in [6, 6.07) is 1.57. The fourth-order valence-corrected chi connectivity index (χ4v) is 9.54. The summed E-state index contributed by atoms with van der Waals surface area (Å²) in [6.45, 7) is 5.87. The highest BCUT2D eigenvalue weighted by Crippen LogP contribution is 2.48. The molecule has 1 saturated heterocycles. The third-order valence-corrected chi connectivity index (χ3v) is 14.7. The molecule has 16 nitrogen and oxygen atoms in total. The Morgan fingerprint density at radius 3 is 2.38 bits per heavy atom. The van der Waals surface area contributed by atoms with Gasteiger partial charge in [-0.2, -0.15) is 18.2 Å². The summed E-state index contributed by atoms with van der Waals surface area (Å²) in [5.74, 6) is -3.88. The Hall–Kier alpha value is -4.88. The number of carbonyl (C=O) groups is 4. The first-order valence-corrected chi connectivity index (χ1v) is 21.5. The normalized spacial score (nSPS) is 28.4. The number of anilines is 1. The van der Waals surface area contributed by atoms with Gasteiger partial charge in [-0.3, -0.25) is 24.0 Å². The number of rotatable bonds is 9. The molecule has 1 aromatic carbocycles. The minimum absolute atomic E-state index is 0.0411. The van der Waals surface area contributed by atoms with E-state index in [0.717, 1.165) is 4.90 Å². The molecule has 330 valence electrons. The van der Waals surface area contributed by atoms with Crippen molar-refractivity contribution in [1.82, 2.24) is 29.8 Å². The van der Waals surface area contributed by atoms with Gasteiger partial charge in [0, 0.05) is 32.5 Å². The summed E-state index contributed by atoms with van der Waals surface area (Å²) in [7, 11) is 0.779. The molecule has 2 aromatic rings. The highest BCUT2D eigenvalue weighted by atomic mass is 32.2. The van der Waals surface area contributed by atoms with Crippen molar-refractivity contribution in [2.75, 3.05) is 32.6 Å². The topological polar surface area (TPSA) is 201 Å². The lowest BCUT2D eigenvalue weighted by Crippen LogP contribution is -2.66. The fraction of sp³-hybridized carbons (Fsp3) is 0.650. The first kappa shape index (κ1) is 44.7. The van der Waals surface area contributed by atoms with Gasteiger partial charge in [0.1, 0.15) is 35.0 Å². The molecule has 2 aliphatic carbocycles. The summed E-state index contributed by atoms with van der Waals surface area (Å²) < 4.78 is 83.6. The van der Waals surface area contributed by atoms with Crippen molar-refractivity contribution in [2.24, 2.45) is 17.8 Å². The zero-order chi connectivity index (χ0) is 44.3. The molecule has 2 aliphatic heterocycles. The maximum Gasteiger partial charge on any atom is 0.411 e. The first-order chi connectivity index (χ1) is 27.9. The lowest BCUT2D eigenvalue weighted by molar-refractivity contribution is -0.222. The van der Waals surface area contributed by atoms with Crippen LogP contribution in [0.15, 0.2) is 30.4 Å². The van der Waals surface area contributed by atoms with E-state index in [-0.39, 0.29) is 48.5 Å². The number of hydrogen-bond donors (Lipinski definition) is 3. The van der Waals surface area contributed by atoms with Crippen LogP contribution in [0, 0.1) is 17.8 Å². The SMILES string of the molecule is COc1ccc2c(O[C@@H]3C[C@H]4C(=O)N[C@]5(C(=O)NS(=O)(=O)C6(C)CC6)C[C@H]5C=CCC[C@H](C)C[C@@H](C)[C@H](N(C(=O)O)C(C)(C)C(F)(F)F)C(=O)N4C3)nc(N(C)C)nc2c1. The second kappa shape index (κ2) is 15.9. The second-order valence-electron chi connectivity index (χ2n) is 17.7. The van der Waals surface area contributed by atoms with Crippen LogP contribution in [0.5, 0.6) is 11.6 Å². The lowest BCUT2D eigenvalue weighted by atomic mass is 9.85. The molecular formula is C40H54F3N7O9S. The molecule has 0 bridgehead atoms. The van der Waals surface area contributed by atoms with Crippen molar-refractivity contribution in [3.8, 4) is 11.6 Å². The molecule has 6 rings (SSSR count). The molecular weight excluding hydrogens is 812 g/mol. The van der Waals surface area contributed by atoms with Crippen molar-refractivity contribution in [1.29, 1.82) is 0 Å². The number of allylic oxidation sites excluding steroid dienone is 1. The Labute approximate surface area is 347 Å². The van der Waals surface area contributed by atoms with Gasteiger partial charge in [-0.25, -0.2) is 18.2 Å². The molecule has 7 atom stereocenters. The van der Waals surface area contributed by atoms with E-state index in [4.69, 9.17) is 9.47 Å². The van der Waals surface area contributed by atoms with Crippen molar-refractivity contribution < 1.29 is 55.3 Å². The summed E-state index contributed by atoms with van der Waals surface area (Å²) in [4.78, 5) is 68.6. The number of ether oxygens (including phenoxy) is 2. The minimum atomic E-state index is -5.11. The Morgan fingerprint density at radius 1 is 1.10 bits per heavy atom. The van der Waals surface area contributed by atoms with E-state index < -0.39 is 85.9 Å². The molecule has 3 N–H and O–H groups in total. The van der Waals surface area contributed by atoms with Crippen LogP contribution in [0.25, 0.3) is 10.9 Å². The van der Waals surface area contributed by atoms with Gasteiger partial charge in [-0.15, -0.1) is 0 Å². The van der Waals surface area contributed by atoms with Crippen molar-refractivity contribution in [3.63, 3.8) is 0 Å². The zero-order valence-electron chi connectivity index (χ0n) is 35.0. The third-order valence-electron chi connectivity index (χ3n) is 12.5. The van der Waals surface area contributed by atoms with E-state index in [9.17, 15) is 41.1 Å². The van der Waals surface area contributed by atoms with Crippen LogP contribution in [-0.4, -0.2) is 125 Å². The number of halogens is 3. The van der Waals surface area contributed by atoms with E-state index in [2.05, 4.69) is 20.0 Å². The molecule has 3 fully saturated rings. The van der Waals surface area contributed by atoms with Crippen molar-refractivity contribution >= 4 is 50.7 Å². The van der Waals surface area contributed by atoms with Crippen LogP contribution < -0.4 is 24.4 Å². The van der Waals surface area contributed by atoms with Crippen molar-refractivity contribution in [3.05, 3.63) is 30.4 Å².